The van der Waals surface area contributed by atoms with E-state index in [1.807, 2.05) is 16.1 Å². The van der Waals surface area contributed by atoms with E-state index in [0.29, 0.717) is 12.5 Å². The lowest BCUT2D eigenvalue weighted by molar-refractivity contribution is 0.660. The average Bonchev–Trinajstić information content (AvgIpc) is 2.97. The lowest BCUT2D eigenvalue weighted by Crippen LogP contribution is -2.15. The topological polar surface area (TPSA) is 52.2 Å². The van der Waals surface area contributed by atoms with Crippen LogP contribution in [0.1, 0.15) is 31.3 Å². The molecular weight excluding hydrogens is 260 g/mol. The molecule has 0 aliphatic carbocycles. The number of fused-ring (bicyclic) bond motifs is 1. The molecule has 0 amide bonds. The summed E-state index contributed by atoms with van der Waals surface area (Å²) in [4.78, 5) is 21.5. The highest BCUT2D eigenvalue weighted by Crippen LogP contribution is 2.13. The molecule has 0 aliphatic heterocycles. The standard InChI is InChI=1S/C13H14N4OS/c1-9(2)12-14-3-4-16(12)8-10-7-11(18)17-5-6-19-13(17)15-10/h3-7,9H,8H2,1-2H3. The SMILES string of the molecule is CC(C)c1nccn1Cc1cc(=O)n2ccsc2n1. The molecule has 0 N–H and O–H groups in total. The molecule has 6 heteroatoms. The first-order valence-corrected chi connectivity index (χ1v) is 7.00. The summed E-state index contributed by atoms with van der Waals surface area (Å²) < 4.78 is 3.60. The summed E-state index contributed by atoms with van der Waals surface area (Å²) in [7, 11) is 0. The summed E-state index contributed by atoms with van der Waals surface area (Å²) in [6.07, 6.45) is 5.45. The molecule has 0 atom stereocenters. The Kier molecular flexibility index (Phi) is 2.94. The smallest absolute Gasteiger partial charge is 0.258 e. The average molecular weight is 274 g/mol. The Hall–Kier alpha value is -1.95. The van der Waals surface area contributed by atoms with E-state index < -0.39 is 0 Å². The van der Waals surface area contributed by atoms with Gasteiger partial charge >= 0.3 is 0 Å². The molecule has 19 heavy (non-hydrogen) atoms. The molecule has 0 saturated heterocycles. The lowest BCUT2D eigenvalue weighted by Gasteiger charge is -2.09. The molecule has 0 spiro atoms. The van der Waals surface area contributed by atoms with Gasteiger partial charge in [-0.25, -0.2) is 9.97 Å². The van der Waals surface area contributed by atoms with E-state index in [0.717, 1.165) is 16.5 Å². The molecule has 98 valence electrons. The van der Waals surface area contributed by atoms with E-state index >= 15 is 0 Å². The zero-order chi connectivity index (χ0) is 13.4. The molecule has 3 aromatic rings. The van der Waals surface area contributed by atoms with Gasteiger partial charge in [0.2, 0.25) is 0 Å². The van der Waals surface area contributed by atoms with Crippen LogP contribution in [0.2, 0.25) is 0 Å². The van der Waals surface area contributed by atoms with Gasteiger partial charge in [-0.3, -0.25) is 9.20 Å². The van der Waals surface area contributed by atoms with Crippen LogP contribution in [0.25, 0.3) is 4.96 Å². The number of hydrogen-bond acceptors (Lipinski definition) is 4. The molecule has 5 nitrogen and oxygen atoms in total. The normalized spacial score (nSPS) is 11.5. The maximum absolute atomic E-state index is 11.9. The van der Waals surface area contributed by atoms with Gasteiger partial charge in [0.1, 0.15) is 5.82 Å². The van der Waals surface area contributed by atoms with E-state index in [2.05, 4.69) is 23.8 Å². The Bertz CT molecular complexity index is 768. The monoisotopic (exact) mass is 274 g/mol. The molecule has 3 heterocycles. The van der Waals surface area contributed by atoms with Gasteiger partial charge in [-0.05, 0) is 0 Å². The molecule has 0 radical (unpaired) electrons. The highest BCUT2D eigenvalue weighted by molar-refractivity contribution is 7.15. The molecule has 0 aromatic carbocycles. The second-order valence-corrected chi connectivity index (χ2v) is 5.58. The fourth-order valence-corrected chi connectivity index (χ4v) is 2.84. The Morgan fingerprint density at radius 2 is 2.21 bits per heavy atom. The summed E-state index contributed by atoms with van der Waals surface area (Å²) in [6, 6.07) is 1.59. The Balaban J connectivity index is 2.01. The summed E-state index contributed by atoms with van der Waals surface area (Å²) in [6.45, 7) is 4.78. The van der Waals surface area contributed by atoms with Gasteiger partial charge in [-0.1, -0.05) is 13.8 Å². The lowest BCUT2D eigenvalue weighted by atomic mass is 10.2. The largest absolute Gasteiger partial charge is 0.329 e. The van der Waals surface area contributed by atoms with Crippen LogP contribution in [0.5, 0.6) is 0 Å². The number of rotatable bonds is 3. The fourth-order valence-electron chi connectivity index (χ4n) is 2.10. The summed E-state index contributed by atoms with van der Waals surface area (Å²) in [5, 5.41) is 1.87. The van der Waals surface area contributed by atoms with Gasteiger partial charge in [0.15, 0.2) is 4.96 Å². The third-order valence-electron chi connectivity index (χ3n) is 2.95. The summed E-state index contributed by atoms with van der Waals surface area (Å²) in [5.41, 5.74) is 0.736. The van der Waals surface area contributed by atoms with E-state index in [1.165, 1.54) is 11.3 Å². The van der Waals surface area contributed by atoms with Gasteiger partial charge < -0.3 is 4.57 Å². The second-order valence-electron chi connectivity index (χ2n) is 4.71. The molecular formula is C13H14N4OS. The third-order valence-corrected chi connectivity index (χ3v) is 3.71. The second kappa shape index (κ2) is 4.62. The molecule has 0 bridgehead atoms. The zero-order valence-electron chi connectivity index (χ0n) is 10.8. The molecule has 0 saturated carbocycles. The van der Waals surface area contributed by atoms with Crippen molar-refractivity contribution in [1.82, 2.24) is 18.9 Å². The fraction of sp³-hybridized carbons (Fsp3) is 0.308. The molecule has 3 aromatic heterocycles. The zero-order valence-corrected chi connectivity index (χ0v) is 11.6. The minimum atomic E-state index is -0.0348. The minimum Gasteiger partial charge on any atom is -0.329 e. The van der Waals surface area contributed by atoms with Crippen molar-refractivity contribution < 1.29 is 0 Å². The predicted molar refractivity (Wildman–Crippen MR) is 74.8 cm³/mol. The van der Waals surface area contributed by atoms with Gasteiger partial charge in [-0.15, -0.1) is 11.3 Å². The first kappa shape index (κ1) is 12.1. The highest BCUT2D eigenvalue weighted by atomic mass is 32.1. The van der Waals surface area contributed by atoms with Crippen LogP contribution < -0.4 is 5.56 Å². The molecule has 0 aliphatic rings. The van der Waals surface area contributed by atoms with Crippen molar-refractivity contribution >= 4 is 16.3 Å². The van der Waals surface area contributed by atoms with Crippen molar-refractivity contribution in [2.24, 2.45) is 0 Å². The number of hydrogen-bond donors (Lipinski definition) is 0. The van der Waals surface area contributed by atoms with Crippen molar-refractivity contribution in [3.05, 3.63) is 51.9 Å². The van der Waals surface area contributed by atoms with Gasteiger partial charge in [-0.2, -0.15) is 0 Å². The minimum absolute atomic E-state index is 0.0348. The van der Waals surface area contributed by atoms with Crippen LogP contribution >= 0.6 is 11.3 Å². The van der Waals surface area contributed by atoms with E-state index in [-0.39, 0.29) is 5.56 Å². The predicted octanol–water partition coefficient (Wildman–Crippen LogP) is 2.12. The maximum Gasteiger partial charge on any atom is 0.258 e. The summed E-state index contributed by atoms with van der Waals surface area (Å²) >= 11 is 1.47. The van der Waals surface area contributed by atoms with Crippen molar-refractivity contribution in [3.63, 3.8) is 0 Å². The maximum atomic E-state index is 11.9. The number of aromatic nitrogens is 4. The van der Waals surface area contributed by atoms with Crippen LogP contribution in [0.3, 0.4) is 0 Å². The molecule has 0 unspecified atom stereocenters. The van der Waals surface area contributed by atoms with Crippen molar-refractivity contribution in [1.29, 1.82) is 0 Å². The van der Waals surface area contributed by atoms with E-state index in [9.17, 15) is 4.79 Å². The van der Waals surface area contributed by atoms with Gasteiger partial charge in [0, 0.05) is 36.0 Å². The highest BCUT2D eigenvalue weighted by Gasteiger charge is 2.09. The van der Waals surface area contributed by atoms with Crippen LogP contribution in [0.4, 0.5) is 0 Å². The van der Waals surface area contributed by atoms with Gasteiger partial charge in [0.05, 0.1) is 12.2 Å². The Labute approximate surface area is 114 Å². The van der Waals surface area contributed by atoms with Crippen LogP contribution in [0.15, 0.2) is 34.8 Å². The van der Waals surface area contributed by atoms with Crippen LogP contribution in [-0.2, 0) is 6.54 Å². The third kappa shape index (κ3) is 2.19. The van der Waals surface area contributed by atoms with Crippen LogP contribution in [0, 0.1) is 0 Å². The van der Waals surface area contributed by atoms with Crippen molar-refractivity contribution in [2.45, 2.75) is 26.3 Å². The van der Waals surface area contributed by atoms with Crippen LogP contribution in [-0.4, -0.2) is 18.9 Å². The van der Waals surface area contributed by atoms with Crippen molar-refractivity contribution in [2.75, 3.05) is 0 Å². The number of imidazole rings is 1. The Morgan fingerprint density at radius 3 is 3.00 bits per heavy atom. The van der Waals surface area contributed by atoms with E-state index in [4.69, 9.17) is 0 Å². The number of nitrogens with zero attached hydrogens (tertiary/aromatic N) is 4. The Morgan fingerprint density at radius 1 is 1.37 bits per heavy atom. The van der Waals surface area contributed by atoms with Gasteiger partial charge in [0.25, 0.3) is 5.56 Å². The number of thiazole rings is 1. The first-order chi connectivity index (χ1) is 9.15. The summed E-state index contributed by atoms with van der Waals surface area (Å²) in [5.74, 6) is 1.36. The quantitative estimate of drug-likeness (QED) is 0.735. The van der Waals surface area contributed by atoms with Crippen molar-refractivity contribution in [3.8, 4) is 0 Å². The first-order valence-electron chi connectivity index (χ1n) is 6.12. The van der Waals surface area contributed by atoms with E-state index in [1.54, 1.807) is 22.9 Å². The molecule has 3 rings (SSSR count). The molecule has 0 fully saturated rings.